The number of sulfonamides is 1. The van der Waals surface area contributed by atoms with E-state index in [-0.39, 0.29) is 16.6 Å². The molecule has 0 saturated heterocycles. The third-order valence-electron chi connectivity index (χ3n) is 2.59. The number of furan rings is 1. The van der Waals surface area contributed by atoms with Crippen molar-refractivity contribution in [1.29, 1.82) is 0 Å². The van der Waals surface area contributed by atoms with Gasteiger partial charge in [-0.05, 0) is 36.4 Å². The van der Waals surface area contributed by atoms with Gasteiger partial charge < -0.3 is 9.32 Å². The fourth-order valence-electron chi connectivity index (χ4n) is 1.54. The molecule has 0 atom stereocenters. The first-order valence-corrected chi connectivity index (χ1v) is 6.88. The summed E-state index contributed by atoms with van der Waals surface area (Å²) in [5, 5.41) is 5.00. The van der Waals surface area contributed by atoms with Gasteiger partial charge in [0.2, 0.25) is 10.0 Å². The largest absolute Gasteiger partial charge is 0.459 e. The summed E-state index contributed by atoms with van der Waals surface area (Å²) in [6, 6.07) is 8.86. The summed E-state index contributed by atoms with van der Waals surface area (Å²) in [7, 11) is -2.16. The van der Waals surface area contributed by atoms with E-state index in [0.717, 1.165) is 0 Å². The number of carbonyl (C=O) groups is 1. The van der Waals surface area contributed by atoms with E-state index in [0.29, 0.717) is 5.69 Å². The zero-order chi connectivity index (χ0) is 14.0. The van der Waals surface area contributed by atoms with E-state index in [1.165, 1.54) is 35.4 Å². The minimum absolute atomic E-state index is 0.00454. The van der Waals surface area contributed by atoms with E-state index in [1.54, 1.807) is 19.2 Å². The molecule has 1 heterocycles. The molecule has 2 aromatic rings. The van der Waals surface area contributed by atoms with Crippen molar-refractivity contribution in [2.45, 2.75) is 4.90 Å². The van der Waals surface area contributed by atoms with Crippen molar-refractivity contribution in [3.05, 3.63) is 48.4 Å². The highest BCUT2D eigenvalue weighted by Gasteiger charge is 2.16. The quantitative estimate of drug-likeness (QED) is 0.914. The second-order valence-electron chi connectivity index (χ2n) is 3.88. The molecule has 0 unspecified atom stereocenters. The van der Waals surface area contributed by atoms with Crippen molar-refractivity contribution < 1.29 is 17.6 Å². The van der Waals surface area contributed by atoms with Gasteiger partial charge in [-0.3, -0.25) is 4.79 Å². The molecular weight excluding hydrogens is 268 g/mol. The summed E-state index contributed by atoms with van der Waals surface area (Å²) < 4.78 is 27.2. The number of primary sulfonamides is 1. The smallest absolute Gasteiger partial charge is 0.293 e. The maximum Gasteiger partial charge on any atom is 0.293 e. The van der Waals surface area contributed by atoms with Crippen molar-refractivity contribution in [3.63, 3.8) is 0 Å². The lowest BCUT2D eigenvalue weighted by Gasteiger charge is -2.16. The Balaban J connectivity index is 2.25. The van der Waals surface area contributed by atoms with Crippen LogP contribution < -0.4 is 10.0 Å². The van der Waals surface area contributed by atoms with Gasteiger partial charge in [-0.25, -0.2) is 13.6 Å². The van der Waals surface area contributed by atoms with Gasteiger partial charge in [0.25, 0.3) is 5.91 Å². The summed E-state index contributed by atoms with van der Waals surface area (Å²) >= 11 is 0. The van der Waals surface area contributed by atoms with Crippen molar-refractivity contribution in [3.8, 4) is 0 Å². The van der Waals surface area contributed by atoms with Gasteiger partial charge in [0.1, 0.15) is 0 Å². The van der Waals surface area contributed by atoms with Crippen LogP contribution >= 0.6 is 0 Å². The average Bonchev–Trinajstić information content (AvgIpc) is 2.90. The molecule has 2 N–H and O–H groups in total. The SMILES string of the molecule is CN(C(=O)c1ccco1)c1ccc(S(N)(=O)=O)cc1. The molecule has 7 heteroatoms. The molecule has 2 rings (SSSR count). The molecule has 1 aromatic carbocycles. The van der Waals surface area contributed by atoms with Crippen LogP contribution in [-0.4, -0.2) is 21.4 Å². The van der Waals surface area contributed by atoms with Crippen molar-refractivity contribution >= 4 is 21.6 Å². The topological polar surface area (TPSA) is 93.6 Å². The highest BCUT2D eigenvalue weighted by atomic mass is 32.2. The fourth-order valence-corrected chi connectivity index (χ4v) is 2.06. The Morgan fingerprint density at radius 1 is 1.21 bits per heavy atom. The molecule has 0 spiro atoms. The Morgan fingerprint density at radius 3 is 2.32 bits per heavy atom. The van der Waals surface area contributed by atoms with Crippen molar-refractivity contribution in [2.75, 3.05) is 11.9 Å². The van der Waals surface area contributed by atoms with Gasteiger partial charge in [-0.2, -0.15) is 0 Å². The highest BCUT2D eigenvalue weighted by molar-refractivity contribution is 7.89. The third kappa shape index (κ3) is 2.83. The van der Waals surface area contributed by atoms with E-state index in [2.05, 4.69) is 0 Å². The Morgan fingerprint density at radius 2 is 1.84 bits per heavy atom. The number of carbonyl (C=O) groups excluding carboxylic acids is 1. The van der Waals surface area contributed by atoms with Crippen LogP contribution in [-0.2, 0) is 10.0 Å². The lowest BCUT2D eigenvalue weighted by atomic mass is 10.3. The standard InChI is InChI=1S/C12H12N2O4S/c1-14(12(15)11-3-2-8-18-11)9-4-6-10(7-5-9)19(13,16)17/h2-8H,1H3,(H2,13,16,17). The second-order valence-corrected chi connectivity index (χ2v) is 5.44. The molecule has 0 aliphatic heterocycles. The van der Waals surface area contributed by atoms with Crippen LogP contribution in [0.1, 0.15) is 10.6 Å². The van der Waals surface area contributed by atoms with E-state index in [4.69, 9.17) is 9.56 Å². The maximum absolute atomic E-state index is 12.0. The summed E-state index contributed by atoms with van der Waals surface area (Å²) in [6.45, 7) is 0. The van der Waals surface area contributed by atoms with Gasteiger partial charge >= 0.3 is 0 Å². The molecule has 6 nitrogen and oxygen atoms in total. The number of nitrogens with zero attached hydrogens (tertiary/aromatic N) is 1. The monoisotopic (exact) mass is 280 g/mol. The minimum Gasteiger partial charge on any atom is -0.459 e. The Hall–Kier alpha value is -2.12. The number of hydrogen-bond donors (Lipinski definition) is 1. The summed E-state index contributed by atoms with van der Waals surface area (Å²) in [4.78, 5) is 13.3. The van der Waals surface area contributed by atoms with E-state index in [9.17, 15) is 13.2 Å². The number of hydrogen-bond acceptors (Lipinski definition) is 4. The number of anilines is 1. The van der Waals surface area contributed by atoms with Gasteiger partial charge in [0.15, 0.2) is 5.76 Å². The molecule has 0 radical (unpaired) electrons. The summed E-state index contributed by atoms with van der Waals surface area (Å²) in [5.41, 5.74) is 0.536. The predicted molar refractivity (Wildman–Crippen MR) is 69.3 cm³/mol. The van der Waals surface area contributed by atoms with Crippen LogP contribution in [0.3, 0.4) is 0 Å². The molecular formula is C12H12N2O4S. The van der Waals surface area contributed by atoms with Crippen molar-refractivity contribution in [2.24, 2.45) is 5.14 Å². The first-order valence-electron chi connectivity index (χ1n) is 5.34. The van der Waals surface area contributed by atoms with Gasteiger partial charge in [0, 0.05) is 12.7 Å². The molecule has 0 aliphatic rings. The zero-order valence-electron chi connectivity index (χ0n) is 10.1. The molecule has 100 valence electrons. The van der Waals surface area contributed by atoms with E-state index >= 15 is 0 Å². The van der Waals surface area contributed by atoms with Gasteiger partial charge in [-0.1, -0.05) is 0 Å². The molecule has 0 fully saturated rings. The normalized spacial score (nSPS) is 11.3. The molecule has 1 aromatic heterocycles. The number of nitrogens with two attached hydrogens (primary N) is 1. The Bertz CT molecular complexity index is 675. The number of benzene rings is 1. The fraction of sp³-hybridized carbons (Fsp3) is 0.0833. The number of rotatable bonds is 3. The van der Waals surface area contributed by atoms with E-state index < -0.39 is 10.0 Å². The third-order valence-corrected chi connectivity index (χ3v) is 3.52. The highest BCUT2D eigenvalue weighted by Crippen LogP contribution is 2.18. The molecule has 19 heavy (non-hydrogen) atoms. The first kappa shape index (κ1) is 13.3. The Kier molecular flexibility index (Phi) is 3.41. The van der Waals surface area contributed by atoms with Crippen LogP contribution in [0.4, 0.5) is 5.69 Å². The zero-order valence-corrected chi connectivity index (χ0v) is 10.9. The molecule has 0 bridgehead atoms. The molecule has 1 amide bonds. The maximum atomic E-state index is 12.0. The Labute approximate surface area is 110 Å². The van der Waals surface area contributed by atoms with E-state index in [1.807, 2.05) is 0 Å². The lowest BCUT2D eigenvalue weighted by molar-refractivity contribution is 0.0966. The van der Waals surface area contributed by atoms with Crippen LogP contribution in [0.25, 0.3) is 0 Å². The summed E-state index contributed by atoms with van der Waals surface area (Å²) in [5.74, 6) is -0.119. The molecule has 0 aliphatic carbocycles. The average molecular weight is 280 g/mol. The van der Waals surface area contributed by atoms with Crippen LogP contribution in [0.5, 0.6) is 0 Å². The van der Waals surface area contributed by atoms with Crippen LogP contribution in [0.15, 0.2) is 52.0 Å². The molecule has 0 saturated carbocycles. The minimum atomic E-state index is -3.73. The second kappa shape index (κ2) is 4.87. The van der Waals surface area contributed by atoms with Crippen LogP contribution in [0.2, 0.25) is 0 Å². The number of amides is 1. The lowest BCUT2D eigenvalue weighted by Crippen LogP contribution is -2.25. The van der Waals surface area contributed by atoms with Gasteiger partial charge in [-0.15, -0.1) is 0 Å². The first-order chi connectivity index (χ1) is 8.89. The van der Waals surface area contributed by atoms with Gasteiger partial charge in [0.05, 0.1) is 11.2 Å². The predicted octanol–water partition coefficient (Wildman–Crippen LogP) is 1.20. The van der Waals surface area contributed by atoms with Crippen molar-refractivity contribution in [1.82, 2.24) is 0 Å². The van der Waals surface area contributed by atoms with Crippen LogP contribution in [0, 0.1) is 0 Å². The summed E-state index contributed by atoms with van der Waals surface area (Å²) in [6.07, 6.45) is 1.41.